The minimum atomic E-state index is 0.194. The summed E-state index contributed by atoms with van der Waals surface area (Å²) in [5.41, 5.74) is 9.74. The van der Waals surface area contributed by atoms with Crippen LogP contribution in [-0.4, -0.2) is 18.5 Å². The molecule has 2 aromatic carbocycles. The standard InChI is InChI=1S/C18H23ClN2/c1-13-7-9-15(10-8-13)18(12-20)21(3)14(2)16-5-4-6-17(19)11-16/h4-11,14,18H,12,20H2,1-3H3. The van der Waals surface area contributed by atoms with Crippen LogP contribution in [0.15, 0.2) is 48.5 Å². The van der Waals surface area contributed by atoms with E-state index in [1.165, 1.54) is 16.7 Å². The minimum Gasteiger partial charge on any atom is -0.329 e. The molecule has 0 aliphatic rings. The monoisotopic (exact) mass is 302 g/mol. The lowest BCUT2D eigenvalue weighted by molar-refractivity contribution is 0.190. The van der Waals surface area contributed by atoms with Gasteiger partial charge < -0.3 is 5.73 Å². The second kappa shape index (κ2) is 7.08. The zero-order chi connectivity index (χ0) is 15.4. The Labute approximate surface area is 132 Å². The molecule has 2 nitrogen and oxygen atoms in total. The summed E-state index contributed by atoms with van der Waals surface area (Å²) >= 11 is 6.10. The zero-order valence-electron chi connectivity index (χ0n) is 12.9. The molecule has 2 N–H and O–H groups in total. The van der Waals surface area contributed by atoms with Crippen LogP contribution in [0.2, 0.25) is 5.02 Å². The van der Waals surface area contributed by atoms with Gasteiger partial charge in [0.05, 0.1) is 0 Å². The first kappa shape index (κ1) is 16.0. The first-order valence-electron chi connectivity index (χ1n) is 7.27. The lowest BCUT2D eigenvalue weighted by atomic mass is 10.00. The maximum absolute atomic E-state index is 6.10. The Kier molecular flexibility index (Phi) is 5.40. The molecule has 2 rings (SSSR count). The first-order valence-corrected chi connectivity index (χ1v) is 7.64. The fourth-order valence-electron chi connectivity index (χ4n) is 2.60. The lowest BCUT2D eigenvalue weighted by Crippen LogP contribution is -2.32. The van der Waals surface area contributed by atoms with Crippen molar-refractivity contribution in [2.75, 3.05) is 13.6 Å². The number of halogens is 1. The van der Waals surface area contributed by atoms with Crippen molar-refractivity contribution in [1.29, 1.82) is 0 Å². The SMILES string of the molecule is Cc1ccc(C(CN)N(C)C(C)c2cccc(Cl)c2)cc1. The molecular weight excluding hydrogens is 280 g/mol. The van der Waals surface area contributed by atoms with Gasteiger partial charge in [0, 0.05) is 23.7 Å². The molecule has 0 amide bonds. The van der Waals surface area contributed by atoms with Gasteiger partial charge in [-0.3, -0.25) is 4.90 Å². The van der Waals surface area contributed by atoms with Gasteiger partial charge in [-0.1, -0.05) is 53.6 Å². The van der Waals surface area contributed by atoms with Crippen LogP contribution in [-0.2, 0) is 0 Å². The smallest absolute Gasteiger partial charge is 0.0473 e. The molecule has 21 heavy (non-hydrogen) atoms. The van der Waals surface area contributed by atoms with E-state index in [1.54, 1.807) is 0 Å². The molecule has 0 heterocycles. The van der Waals surface area contributed by atoms with Crippen LogP contribution in [0.3, 0.4) is 0 Å². The summed E-state index contributed by atoms with van der Waals surface area (Å²) in [4.78, 5) is 2.30. The molecule has 2 atom stereocenters. The van der Waals surface area contributed by atoms with Gasteiger partial charge in [0.1, 0.15) is 0 Å². The van der Waals surface area contributed by atoms with Gasteiger partial charge in [-0.05, 0) is 44.2 Å². The van der Waals surface area contributed by atoms with Crippen molar-refractivity contribution in [3.05, 3.63) is 70.2 Å². The summed E-state index contributed by atoms with van der Waals surface area (Å²) in [6.07, 6.45) is 0. The number of hydrogen-bond donors (Lipinski definition) is 1. The van der Waals surface area contributed by atoms with E-state index < -0.39 is 0 Å². The van der Waals surface area contributed by atoms with Crippen molar-refractivity contribution in [2.24, 2.45) is 5.73 Å². The van der Waals surface area contributed by atoms with E-state index in [1.807, 2.05) is 18.2 Å². The van der Waals surface area contributed by atoms with Gasteiger partial charge in [-0.15, -0.1) is 0 Å². The fourth-order valence-corrected chi connectivity index (χ4v) is 2.80. The third kappa shape index (κ3) is 3.85. The third-order valence-corrected chi connectivity index (χ3v) is 4.35. The van der Waals surface area contributed by atoms with E-state index in [2.05, 4.69) is 56.1 Å². The number of benzene rings is 2. The van der Waals surface area contributed by atoms with Crippen LogP contribution < -0.4 is 5.73 Å². The van der Waals surface area contributed by atoms with Gasteiger partial charge in [0.15, 0.2) is 0 Å². The normalized spacial score (nSPS) is 14.2. The molecule has 0 saturated carbocycles. The second-order valence-electron chi connectivity index (χ2n) is 5.56. The van der Waals surface area contributed by atoms with Gasteiger partial charge in [0.25, 0.3) is 0 Å². The molecule has 0 radical (unpaired) electrons. The largest absolute Gasteiger partial charge is 0.329 e. The maximum Gasteiger partial charge on any atom is 0.0473 e. The van der Waals surface area contributed by atoms with Gasteiger partial charge in [-0.2, -0.15) is 0 Å². The minimum absolute atomic E-state index is 0.194. The van der Waals surface area contributed by atoms with E-state index in [0.717, 1.165) is 5.02 Å². The van der Waals surface area contributed by atoms with E-state index >= 15 is 0 Å². The highest BCUT2D eigenvalue weighted by Gasteiger charge is 2.21. The average molecular weight is 303 g/mol. The van der Waals surface area contributed by atoms with Gasteiger partial charge in [0.2, 0.25) is 0 Å². The molecule has 2 aromatic rings. The second-order valence-corrected chi connectivity index (χ2v) is 6.00. The van der Waals surface area contributed by atoms with Crippen LogP contribution in [0.4, 0.5) is 0 Å². The Morgan fingerprint density at radius 3 is 2.33 bits per heavy atom. The Hall–Kier alpha value is -1.35. The Morgan fingerprint density at radius 1 is 1.10 bits per heavy atom. The average Bonchev–Trinajstić information content (AvgIpc) is 2.49. The number of rotatable bonds is 5. The molecule has 0 aliphatic heterocycles. The molecule has 3 heteroatoms. The van der Waals surface area contributed by atoms with Crippen LogP contribution in [0, 0.1) is 6.92 Å². The Balaban J connectivity index is 2.23. The number of likely N-dealkylation sites (N-methyl/N-ethyl adjacent to an activating group) is 1. The van der Waals surface area contributed by atoms with Crippen LogP contribution in [0.5, 0.6) is 0 Å². The van der Waals surface area contributed by atoms with E-state index in [4.69, 9.17) is 17.3 Å². The molecule has 112 valence electrons. The maximum atomic E-state index is 6.10. The summed E-state index contributed by atoms with van der Waals surface area (Å²) in [7, 11) is 2.11. The summed E-state index contributed by atoms with van der Waals surface area (Å²) in [5.74, 6) is 0. The molecule has 0 spiro atoms. The summed E-state index contributed by atoms with van der Waals surface area (Å²) in [6.45, 7) is 4.87. The third-order valence-electron chi connectivity index (χ3n) is 4.12. The van der Waals surface area contributed by atoms with Crippen molar-refractivity contribution in [3.8, 4) is 0 Å². The van der Waals surface area contributed by atoms with E-state index in [9.17, 15) is 0 Å². The number of nitrogens with zero attached hydrogens (tertiary/aromatic N) is 1. The fraction of sp³-hybridized carbons (Fsp3) is 0.333. The number of aryl methyl sites for hydroxylation is 1. The molecule has 0 saturated heterocycles. The Morgan fingerprint density at radius 2 is 1.76 bits per heavy atom. The summed E-state index contributed by atoms with van der Waals surface area (Å²) < 4.78 is 0. The van der Waals surface area contributed by atoms with Crippen molar-refractivity contribution < 1.29 is 0 Å². The predicted octanol–water partition coefficient (Wildman–Crippen LogP) is 4.34. The first-order chi connectivity index (χ1) is 10.0. The van der Waals surface area contributed by atoms with Crippen molar-refractivity contribution >= 4 is 11.6 Å². The zero-order valence-corrected chi connectivity index (χ0v) is 13.6. The van der Waals surface area contributed by atoms with Crippen molar-refractivity contribution in [1.82, 2.24) is 4.90 Å². The van der Waals surface area contributed by atoms with Gasteiger partial charge >= 0.3 is 0 Å². The molecule has 0 bridgehead atoms. The highest BCUT2D eigenvalue weighted by atomic mass is 35.5. The van der Waals surface area contributed by atoms with Crippen LogP contribution >= 0.6 is 11.6 Å². The molecular formula is C18H23ClN2. The van der Waals surface area contributed by atoms with Crippen LogP contribution in [0.1, 0.15) is 35.7 Å². The summed E-state index contributed by atoms with van der Waals surface area (Å²) in [5, 5.41) is 0.771. The van der Waals surface area contributed by atoms with E-state index in [-0.39, 0.29) is 12.1 Å². The number of hydrogen-bond acceptors (Lipinski definition) is 2. The summed E-state index contributed by atoms with van der Waals surface area (Å²) in [6, 6.07) is 17.1. The molecule has 0 aromatic heterocycles. The van der Waals surface area contributed by atoms with Crippen molar-refractivity contribution in [2.45, 2.75) is 25.9 Å². The number of nitrogens with two attached hydrogens (primary N) is 1. The van der Waals surface area contributed by atoms with Crippen LogP contribution in [0.25, 0.3) is 0 Å². The molecule has 2 unspecified atom stereocenters. The predicted molar refractivity (Wildman–Crippen MR) is 90.6 cm³/mol. The lowest BCUT2D eigenvalue weighted by Gasteiger charge is -2.33. The van der Waals surface area contributed by atoms with Crippen molar-refractivity contribution in [3.63, 3.8) is 0 Å². The topological polar surface area (TPSA) is 29.3 Å². The highest BCUT2D eigenvalue weighted by Crippen LogP contribution is 2.29. The molecule has 0 fully saturated rings. The quantitative estimate of drug-likeness (QED) is 0.890. The highest BCUT2D eigenvalue weighted by molar-refractivity contribution is 6.30. The Bertz CT molecular complexity index is 580. The molecule has 0 aliphatic carbocycles. The van der Waals surface area contributed by atoms with Gasteiger partial charge in [-0.25, -0.2) is 0 Å². The van der Waals surface area contributed by atoms with E-state index in [0.29, 0.717) is 6.54 Å².